The summed E-state index contributed by atoms with van der Waals surface area (Å²) in [5.74, 6) is 0.156. The van der Waals surface area contributed by atoms with Crippen molar-refractivity contribution in [2.24, 2.45) is 11.1 Å². The monoisotopic (exact) mass is 257 g/mol. The van der Waals surface area contributed by atoms with Crippen molar-refractivity contribution >= 4 is 23.1 Å². The number of carbonyl (C=O) groups excluding carboxylic acids is 1. The van der Waals surface area contributed by atoms with Crippen molar-refractivity contribution in [2.75, 3.05) is 27.2 Å². The minimum absolute atomic E-state index is 0.0350. The number of rotatable bonds is 3. The number of hydrogen-bond donors (Lipinski definition) is 1. The average molecular weight is 257 g/mol. The molecule has 0 radical (unpaired) electrons. The fourth-order valence-electron chi connectivity index (χ4n) is 2.18. The predicted octanol–water partition coefficient (Wildman–Crippen LogP) is 0.851. The molecular formula is C12H23N3OS. The van der Waals surface area contributed by atoms with Crippen LogP contribution < -0.4 is 5.73 Å². The number of piperidine rings is 1. The van der Waals surface area contributed by atoms with Gasteiger partial charge in [0.15, 0.2) is 0 Å². The third-order valence-corrected chi connectivity index (χ3v) is 4.34. The zero-order valence-electron chi connectivity index (χ0n) is 11.2. The molecule has 0 aromatic heterocycles. The number of carbonyl (C=O) groups is 1. The molecule has 0 aromatic rings. The smallest absolute Gasteiger partial charge is 0.239 e. The van der Waals surface area contributed by atoms with Crippen LogP contribution in [0.25, 0.3) is 0 Å². The lowest BCUT2D eigenvalue weighted by molar-refractivity contribution is -0.134. The SMILES string of the molecule is CC(C(=O)N(C)C)N1CCC(C)(C(N)=S)CC1. The minimum Gasteiger partial charge on any atom is -0.393 e. The van der Waals surface area contributed by atoms with Gasteiger partial charge in [0.25, 0.3) is 0 Å². The molecule has 1 unspecified atom stereocenters. The van der Waals surface area contributed by atoms with E-state index in [9.17, 15) is 4.79 Å². The second kappa shape index (κ2) is 5.31. The van der Waals surface area contributed by atoms with Crippen molar-refractivity contribution in [2.45, 2.75) is 32.7 Å². The van der Waals surface area contributed by atoms with E-state index in [1.165, 1.54) is 0 Å². The van der Waals surface area contributed by atoms with E-state index in [0.717, 1.165) is 25.9 Å². The Hall–Kier alpha value is -0.680. The van der Waals surface area contributed by atoms with Crippen LogP contribution in [0.3, 0.4) is 0 Å². The van der Waals surface area contributed by atoms with Gasteiger partial charge in [0.05, 0.1) is 11.0 Å². The predicted molar refractivity (Wildman–Crippen MR) is 73.9 cm³/mol. The highest BCUT2D eigenvalue weighted by Crippen LogP contribution is 2.31. The van der Waals surface area contributed by atoms with E-state index in [2.05, 4.69) is 11.8 Å². The molecule has 0 saturated carbocycles. The molecule has 0 aromatic carbocycles. The first kappa shape index (κ1) is 14.4. The summed E-state index contributed by atoms with van der Waals surface area (Å²) in [5, 5.41) is 0. The molecule has 2 N–H and O–H groups in total. The summed E-state index contributed by atoms with van der Waals surface area (Å²) in [7, 11) is 3.59. The number of nitrogens with zero attached hydrogens (tertiary/aromatic N) is 2. The Morgan fingerprint density at radius 3 is 2.24 bits per heavy atom. The van der Waals surface area contributed by atoms with Crippen molar-refractivity contribution < 1.29 is 4.79 Å². The Labute approximate surface area is 109 Å². The zero-order valence-corrected chi connectivity index (χ0v) is 12.0. The standard InChI is InChI=1S/C12H23N3OS/c1-9(10(16)14(3)4)15-7-5-12(2,6-8-15)11(13)17/h9H,5-8H2,1-4H3,(H2,13,17). The molecule has 0 spiro atoms. The third kappa shape index (κ3) is 3.16. The second-order valence-electron chi connectivity index (χ2n) is 5.37. The van der Waals surface area contributed by atoms with E-state index in [1.54, 1.807) is 19.0 Å². The second-order valence-corrected chi connectivity index (χ2v) is 5.81. The van der Waals surface area contributed by atoms with E-state index < -0.39 is 0 Å². The summed E-state index contributed by atoms with van der Waals surface area (Å²) < 4.78 is 0. The number of likely N-dealkylation sites (tertiary alicyclic amines) is 1. The molecule has 1 aliphatic heterocycles. The first-order valence-corrected chi connectivity index (χ1v) is 6.44. The van der Waals surface area contributed by atoms with Gasteiger partial charge in [-0.3, -0.25) is 9.69 Å². The van der Waals surface area contributed by atoms with E-state index >= 15 is 0 Å². The van der Waals surface area contributed by atoms with Crippen LogP contribution in [0.2, 0.25) is 0 Å². The highest BCUT2D eigenvalue weighted by Gasteiger charge is 2.35. The lowest BCUT2D eigenvalue weighted by Gasteiger charge is -2.41. The summed E-state index contributed by atoms with van der Waals surface area (Å²) in [5.41, 5.74) is 5.73. The first-order chi connectivity index (χ1) is 7.78. The number of thiocarbonyl (C=S) groups is 1. The van der Waals surface area contributed by atoms with Crippen molar-refractivity contribution in [3.8, 4) is 0 Å². The van der Waals surface area contributed by atoms with Gasteiger partial charge in [0.1, 0.15) is 0 Å². The maximum absolute atomic E-state index is 11.9. The summed E-state index contributed by atoms with van der Waals surface area (Å²) >= 11 is 5.11. The first-order valence-electron chi connectivity index (χ1n) is 6.03. The molecule has 1 rings (SSSR count). The van der Waals surface area contributed by atoms with Gasteiger partial charge in [0, 0.05) is 19.5 Å². The van der Waals surface area contributed by atoms with Crippen molar-refractivity contribution in [1.29, 1.82) is 0 Å². The van der Waals surface area contributed by atoms with Gasteiger partial charge < -0.3 is 10.6 Å². The summed E-state index contributed by atoms with van der Waals surface area (Å²) in [4.78, 5) is 16.3. The van der Waals surface area contributed by atoms with Gasteiger partial charge in [-0.1, -0.05) is 19.1 Å². The minimum atomic E-state index is -0.0547. The molecule has 1 atom stereocenters. The van der Waals surface area contributed by atoms with E-state index in [1.807, 2.05) is 6.92 Å². The van der Waals surface area contributed by atoms with E-state index in [4.69, 9.17) is 18.0 Å². The summed E-state index contributed by atoms with van der Waals surface area (Å²) in [6.07, 6.45) is 1.88. The van der Waals surface area contributed by atoms with Crippen LogP contribution in [0.1, 0.15) is 26.7 Å². The van der Waals surface area contributed by atoms with Crippen LogP contribution in [0.15, 0.2) is 0 Å². The Morgan fingerprint density at radius 1 is 1.41 bits per heavy atom. The van der Waals surface area contributed by atoms with Crippen molar-refractivity contribution in [3.63, 3.8) is 0 Å². The van der Waals surface area contributed by atoms with Crippen LogP contribution >= 0.6 is 12.2 Å². The molecule has 4 nitrogen and oxygen atoms in total. The lowest BCUT2D eigenvalue weighted by Crippen LogP contribution is -2.51. The molecule has 0 bridgehead atoms. The maximum atomic E-state index is 11.9. The summed E-state index contributed by atoms with van der Waals surface area (Å²) in [6.45, 7) is 5.85. The Kier molecular flexibility index (Phi) is 4.49. The molecule has 98 valence electrons. The molecule has 1 fully saturated rings. The molecule has 1 aliphatic rings. The van der Waals surface area contributed by atoms with Gasteiger partial charge >= 0.3 is 0 Å². The van der Waals surface area contributed by atoms with Crippen LogP contribution in [-0.4, -0.2) is 53.9 Å². The molecule has 1 saturated heterocycles. The van der Waals surface area contributed by atoms with Crippen LogP contribution in [0, 0.1) is 5.41 Å². The Bertz CT molecular complexity index is 309. The van der Waals surface area contributed by atoms with Crippen LogP contribution in [0.5, 0.6) is 0 Å². The van der Waals surface area contributed by atoms with E-state index in [-0.39, 0.29) is 17.4 Å². The molecule has 17 heavy (non-hydrogen) atoms. The molecular weight excluding hydrogens is 234 g/mol. The van der Waals surface area contributed by atoms with Gasteiger partial charge in [-0.2, -0.15) is 0 Å². The fraction of sp³-hybridized carbons (Fsp3) is 0.833. The molecule has 1 amide bonds. The largest absolute Gasteiger partial charge is 0.393 e. The average Bonchev–Trinajstić information content (AvgIpc) is 2.27. The van der Waals surface area contributed by atoms with Crippen molar-refractivity contribution in [3.05, 3.63) is 0 Å². The number of likely N-dealkylation sites (N-methyl/N-ethyl adjacent to an activating group) is 1. The normalized spacial score (nSPS) is 21.9. The highest BCUT2D eigenvalue weighted by atomic mass is 32.1. The van der Waals surface area contributed by atoms with Crippen LogP contribution in [-0.2, 0) is 4.79 Å². The Balaban J connectivity index is 2.58. The van der Waals surface area contributed by atoms with Gasteiger partial charge in [-0.25, -0.2) is 0 Å². The zero-order chi connectivity index (χ0) is 13.2. The van der Waals surface area contributed by atoms with Crippen LogP contribution in [0.4, 0.5) is 0 Å². The highest BCUT2D eigenvalue weighted by molar-refractivity contribution is 7.80. The molecule has 1 heterocycles. The maximum Gasteiger partial charge on any atom is 0.239 e. The van der Waals surface area contributed by atoms with Crippen molar-refractivity contribution in [1.82, 2.24) is 9.80 Å². The quantitative estimate of drug-likeness (QED) is 0.762. The fourth-order valence-corrected chi connectivity index (χ4v) is 2.39. The number of amides is 1. The third-order valence-electron chi connectivity index (χ3n) is 3.84. The topological polar surface area (TPSA) is 49.6 Å². The molecule has 5 heteroatoms. The summed E-state index contributed by atoms with van der Waals surface area (Å²) in [6, 6.07) is -0.0547. The number of hydrogen-bond acceptors (Lipinski definition) is 3. The Morgan fingerprint density at radius 2 is 1.88 bits per heavy atom. The van der Waals surface area contributed by atoms with E-state index in [0.29, 0.717) is 4.99 Å². The van der Waals surface area contributed by atoms with Gasteiger partial charge in [0.2, 0.25) is 5.91 Å². The van der Waals surface area contributed by atoms with Gasteiger partial charge in [-0.05, 0) is 32.9 Å². The lowest BCUT2D eigenvalue weighted by atomic mass is 9.80. The number of nitrogens with two attached hydrogens (primary N) is 1. The molecule has 0 aliphatic carbocycles. The van der Waals surface area contributed by atoms with Gasteiger partial charge in [-0.15, -0.1) is 0 Å².